The first-order chi connectivity index (χ1) is 21.8. The van der Waals surface area contributed by atoms with E-state index in [1.54, 1.807) is 18.2 Å². The molecule has 4 rings (SSSR count). The average Bonchev–Trinajstić information content (AvgIpc) is 3.04. The van der Waals surface area contributed by atoms with Crippen LogP contribution in [0.1, 0.15) is 56.2 Å². The number of nitrogens with one attached hydrogen (secondary N) is 1. The minimum Gasteiger partial charge on any atom is -0.507 e. The second-order valence-corrected chi connectivity index (χ2v) is 10.9. The minimum absolute atomic E-state index is 0.0695. The molecule has 10 heteroatoms. The molecular weight excluding hydrogens is 579 g/mol. The number of benzene rings is 3. The minimum atomic E-state index is -0.657. The quantitative estimate of drug-likeness (QED) is 0.146. The Balaban J connectivity index is 1.32. The number of carbonyl (C=O) groups is 2. The molecule has 0 spiro atoms. The number of nitrogens with two attached hydrogens (primary N) is 1. The summed E-state index contributed by atoms with van der Waals surface area (Å²) in [6.45, 7) is 5.46. The summed E-state index contributed by atoms with van der Waals surface area (Å²) in [4.78, 5) is 24.5. The van der Waals surface area contributed by atoms with Gasteiger partial charge in [-0.3, -0.25) is 9.59 Å². The third kappa shape index (κ3) is 9.11. The first-order valence-electron chi connectivity index (χ1n) is 15.7. The number of aromatic hydroxyl groups is 1. The van der Waals surface area contributed by atoms with Crippen molar-refractivity contribution in [3.8, 4) is 34.1 Å². The van der Waals surface area contributed by atoms with Crippen molar-refractivity contribution in [2.45, 2.75) is 64.9 Å². The van der Waals surface area contributed by atoms with E-state index >= 15 is 0 Å². The molecule has 0 bridgehead atoms. The van der Waals surface area contributed by atoms with Crippen LogP contribution in [0.25, 0.3) is 11.1 Å². The van der Waals surface area contributed by atoms with Crippen molar-refractivity contribution in [2.24, 2.45) is 5.73 Å². The molecule has 1 aliphatic rings. The van der Waals surface area contributed by atoms with Gasteiger partial charge in [-0.25, -0.2) is 4.39 Å². The summed E-state index contributed by atoms with van der Waals surface area (Å²) >= 11 is 0. The molecule has 0 aromatic heterocycles. The molecule has 1 atom stereocenters. The standard InChI is InChI=1S/C35H43FN2O7/c1-3-6-27-30(13-9-25-10-14-31(45-34(25)27)35(41)38-17-15-33(40)44-20-16-37)42-18-5-19-43-32-22-29(39)28(21-23(32)4-2)24-7-11-26(36)12-8-24/h7-9,11-13,21-22,31,39H,3-6,10,14-20,37H2,1-2H3,(H,38,41). The highest BCUT2D eigenvalue weighted by Gasteiger charge is 2.29. The number of halogens is 1. The van der Waals surface area contributed by atoms with Crippen molar-refractivity contribution in [1.29, 1.82) is 0 Å². The van der Waals surface area contributed by atoms with Crippen LogP contribution < -0.4 is 25.3 Å². The Morgan fingerprint density at radius 1 is 1.04 bits per heavy atom. The fourth-order valence-corrected chi connectivity index (χ4v) is 5.25. The molecule has 0 radical (unpaired) electrons. The maximum atomic E-state index is 13.4. The number of phenolic OH excluding ortho intramolecular Hbond substituents is 1. The molecule has 0 fully saturated rings. The number of amides is 1. The number of phenols is 1. The van der Waals surface area contributed by atoms with Crippen molar-refractivity contribution in [2.75, 3.05) is 32.9 Å². The van der Waals surface area contributed by atoms with Crippen LogP contribution in [-0.2, 0) is 33.6 Å². The van der Waals surface area contributed by atoms with Crippen LogP contribution in [0.2, 0.25) is 0 Å². The number of esters is 1. The Hall–Kier alpha value is -4.31. The fourth-order valence-electron chi connectivity index (χ4n) is 5.25. The van der Waals surface area contributed by atoms with Gasteiger partial charge in [0, 0.05) is 36.7 Å². The van der Waals surface area contributed by atoms with E-state index in [0.717, 1.165) is 40.8 Å². The first-order valence-corrected chi connectivity index (χ1v) is 15.7. The summed E-state index contributed by atoms with van der Waals surface area (Å²) in [6.07, 6.45) is 3.56. The van der Waals surface area contributed by atoms with Gasteiger partial charge in [-0.05, 0) is 66.6 Å². The summed E-state index contributed by atoms with van der Waals surface area (Å²) in [5.74, 6) is 1.09. The van der Waals surface area contributed by atoms with Crippen molar-refractivity contribution in [3.63, 3.8) is 0 Å². The van der Waals surface area contributed by atoms with E-state index in [2.05, 4.69) is 12.2 Å². The monoisotopic (exact) mass is 622 g/mol. The zero-order valence-electron chi connectivity index (χ0n) is 26.0. The fraction of sp³-hybridized carbons (Fsp3) is 0.429. The van der Waals surface area contributed by atoms with E-state index in [9.17, 15) is 19.1 Å². The smallest absolute Gasteiger partial charge is 0.307 e. The van der Waals surface area contributed by atoms with Gasteiger partial charge in [0.25, 0.3) is 5.91 Å². The predicted molar refractivity (Wildman–Crippen MR) is 169 cm³/mol. The molecule has 242 valence electrons. The Labute approximate surface area is 263 Å². The Bertz CT molecular complexity index is 1440. The average molecular weight is 623 g/mol. The summed E-state index contributed by atoms with van der Waals surface area (Å²) < 4.78 is 36.7. The molecule has 1 amide bonds. The van der Waals surface area contributed by atoms with E-state index in [-0.39, 0.29) is 43.6 Å². The molecule has 0 saturated heterocycles. The van der Waals surface area contributed by atoms with Crippen LogP contribution in [0, 0.1) is 5.82 Å². The van der Waals surface area contributed by atoms with Crippen molar-refractivity contribution < 1.29 is 38.0 Å². The van der Waals surface area contributed by atoms with E-state index in [0.29, 0.717) is 56.0 Å². The molecule has 9 nitrogen and oxygen atoms in total. The van der Waals surface area contributed by atoms with Crippen LogP contribution in [0.5, 0.6) is 23.0 Å². The zero-order chi connectivity index (χ0) is 32.2. The lowest BCUT2D eigenvalue weighted by Crippen LogP contribution is -2.41. The molecular formula is C35H43FN2O7. The highest BCUT2D eigenvalue weighted by Crippen LogP contribution is 2.39. The van der Waals surface area contributed by atoms with Gasteiger partial charge < -0.3 is 35.1 Å². The lowest BCUT2D eigenvalue weighted by Gasteiger charge is -2.28. The second-order valence-electron chi connectivity index (χ2n) is 10.9. The van der Waals surface area contributed by atoms with Gasteiger partial charge >= 0.3 is 5.97 Å². The lowest BCUT2D eigenvalue weighted by atomic mass is 9.96. The molecule has 0 saturated carbocycles. The van der Waals surface area contributed by atoms with Crippen molar-refractivity contribution in [3.05, 3.63) is 71.0 Å². The Morgan fingerprint density at radius 2 is 1.80 bits per heavy atom. The number of fused-ring (bicyclic) bond motifs is 1. The van der Waals surface area contributed by atoms with Crippen molar-refractivity contribution >= 4 is 11.9 Å². The van der Waals surface area contributed by atoms with Crippen molar-refractivity contribution in [1.82, 2.24) is 5.32 Å². The maximum absolute atomic E-state index is 13.4. The van der Waals surface area contributed by atoms with E-state index in [1.165, 1.54) is 12.1 Å². The predicted octanol–water partition coefficient (Wildman–Crippen LogP) is 5.26. The highest BCUT2D eigenvalue weighted by atomic mass is 19.1. The Morgan fingerprint density at radius 3 is 2.51 bits per heavy atom. The first kappa shape index (κ1) is 33.6. The van der Waals surface area contributed by atoms with Crippen LogP contribution in [0.15, 0.2) is 48.5 Å². The number of aryl methyl sites for hydroxylation is 2. The second kappa shape index (κ2) is 16.7. The molecule has 1 heterocycles. The number of hydrogen-bond donors (Lipinski definition) is 3. The number of carbonyl (C=O) groups excluding carboxylic acids is 2. The maximum Gasteiger partial charge on any atom is 0.307 e. The third-order valence-corrected chi connectivity index (χ3v) is 7.56. The summed E-state index contributed by atoms with van der Waals surface area (Å²) in [7, 11) is 0. The van der Waals surface area contributed by atoms with Crippen LogP contribution >= 0.6 is 0 Å². The van der Waals surface area contributed by atoms with Gasteiger partial charge in [-0.2, -0.15) is 0 Å². The van der Waals surface area contributed by atoms with Gasteiger partial charge in [0.05, 0.1) is 19.6 Å². The Kier molecular flexibility index (Phi) is 12.4. The molecule has 1 unspecified atom stereocenters. The molecule has 45 heavy (non-hydrogen) atoms. The largest absolute Gasteiger partial charge is 0.507 e. The normalized spacial score (nSPS) is 13.8. The zero-order valence-corrected chi connectivity index (χ0v) is 26.0. The van der Waals surface area contributed by atoms with Gasteiger partial charge in [0.15, 0.2) is 6.10 Å². The van der Waals surface area contributed by atoms with E-state index in [1.807, 2.05) is 25.1 Å². The van der Waals surface area contributed by atoms with Crippen LogP contribution in [0.4, 0.5) is 4.39 Å². The SMILES string of the molecule is CCCc1c(OCCCOc2cc(O)c(-c3ccc(F)cc3)cc2CC)ccc2c1OC(C(=O)NCCC(=O)OCCN)CC2. The van der Waals surface area contributed by atoms with Crippen LogP contribution in [0.3, 0.4) is 0 Å². The molecule has 0 aliphatic carbocycles. The molecule has 3 aromatic carbocycles. The molecule has 4 N–H and O–H groups in total. The number of hydrogen-bond acceptors (Lipinski definition) is 8. The van der Waals surface area contributed by atoms with Gasteiger partial charge in [0.2, 0.25) is 0 Å². The van der Waals surface area contributed by atoms with Crippen LogP contribution in [-0.4, -0.2) is 56.0 Å². The number of ether oxygens (including phenoxy) is 4. The van der Waals surface area contributed by atoms with Gasteiger partial charge in [0.1, 0.15) is 35.4 Å². The molecule has 1 aliphatic heterocycles. The summed E-state index contributed by atoms with van der Waals surface area (Å²) in [6, 6.07) is 13.5. The van der Waals surface area contributed by atoms with E-state index in [4.69, 9.17) is 24.7 Å². The van der Waals surface area contributed by atoms with E-state index < -0.39 is 12.1 Å². The number of rotatable bonds is 16. The molecule has 3 aromatic rings. The highest BCUT2D eigenvalue weighted by molar-refractivity contribution is 5.82. The topological polar surface area (TPSA) is 129 Å². The lowest BCUT2D eigenvalue weighted by molar-refractivity contribution is -0.143. The van der Waals surface area contributed by atoms with Gasteiger partial charge in [-0.1, -0.05) is 38.5 Å². The van der Waals surface area contributed by atoms with Gasteiger partial charge in [-0.15, -0.1) is 0 Å². The summed E-state index contributed by atoms with van der Waals surface area (Å²) in [5, 5.41) is 13.4. The third-order valence-electron chi connectivity index (χ3n) is 7.56. The summed E-state index contributed by atoms with van der Waals surface area (Å²) in [5.41, 5.74) is 9.62.